The standard InChI is InChI=1S/C38H36ClF2N5O2/c1-3-26-30(40)8-5-22-13-25(47)14-27(31(22)26)32-29(39)15-28-34(33(32)41)42-36(48-20-37-10-4-12-46(37)17-21(2)16-37)43-35(28)45-18-24-9-11-38(19-45,44-24)23-6-7-23/h1,5,8,13-15,23-24,44,47H,2,4,6-7,9-12,16-20H2/t24-,37-,38+/m0/s1. The fourth-order valence-corrected chi connectivity index (χ4v) is 9.58. The van der Waals surface area contributed by atoms with Gasteiger partial charge in [-0.2, -0.15) is 9.97 Å². The van der Waals surface area contributed by atoms with Crippen molar-refractivity contribution in [1.82, 2.24) is 20.2 Å². The molecule has 0 radical (unpaired) electrons. The number of rotatable bonds is 6. The Morgan fingerprint density at radius 1 is 1.17 bits per heavy atom. The summed E-state index contributed by atoms with van der Waals surface area (Å²) >= 11 is 6.96. The van der Waals surface area contributed by atoms with Crippen LogP contribution in [0.3, 0.4) is 0 Å². The van der Waals surface area contributed by atoms with Gasteiger partial charge in [0.05, 0.1) is 16.1 Å². The monoisotopic (exact) mass is 667 g/mol. The molecule has 2 N–H and O–H groups in total. The predicted molar refractivity (Wildman–Crippen MR) is 184 cm³/mol. The van der Waals surface area contributed by atoms with Gasteiger partial charge >= 0.3 is 6.01 Å². The number of hydrogen-bond donors (Lipinski definition) is 2. The Bertz CT molecular complexity index is 2100. The lowest BCUT2D eigenvalue weighted by Gasteiger charge is -2.42. The van der Waals surface area contributed by atoms with Crippen LogP contribution in [-0.2, 0) is 0 Å². The van der Waals surface area contributed by atoms with E-state index in [0.29, 0.717) is 35.2 Å². The zero-order chi connectivity index (χ0) is 32.9. The maximum Gasteiger partial charge on any atom is 0.319 e. The number of anilines is 1. The predicted octanol–water partition coefficient (Wildman–Crippen LogP) is 6.96. The second kappa shape index (κ2) is 10.8. The van der Waals surface area contributed by atoms with Crippen molar-refractivity contribution >= 4 is 39.1 Å². The van der Waals surface area contributed by atoms with Gasteiger partial charge in [0.1, 0.15) is 29.5 Å². The SMILES string of the molecule is C#Cc1c(F)ccc2cc(O)cc(-c3c(Cl)cc4c(N5C[C@@H]6CC[C@](C7CC7)(C5)N6)nc(OC[C@@]56CCCN5CC(=C)C6)nc4c3F)c12. The third-order valence-corrected chi connectivity index (χ3v) is 11.8. The van der Waals surface area contributed by atoms with Gasteiger partial charge in [0.2, 0.25) is 0 Å². The van der Waals surface area contributed by atoms with Gasteiger partial charge in [-0.3, -0.25) is 4.90 Å². The molecule has 9 rings (SSSR count). The van der Waals surface area contributed by atoms with E-state index in [1.54, 1.807) is 6.07 Å². The average molecular weight is 668 g/mol. The first kappa shape index (κ1) is 30.1. The lowest BCUT2D eigenvalue weighted by Crippen LogP contribution is -2.61. The summed E-state index contributed by atoms with van der Waals surface area (Å²) in [5.41, 5.74) is 1.20. The van der Waals surface area contributed by atoms with Crippen LogP contribution in [0.25, 0.3) is 32.8 Å². The van der Waals surface area contributed by atoms with E-state index >= 15 is 4.39 Å². The first-order valence-electron chi connectivity index (χ1n) is 16.9. The lowest BCUT2D eigenvalue weighted by molar-refractivity contribution is 0.108. The van der Waals surface area contributed by atoms with E-state index in [4.69, 9.17) is 32.7 Å². The first-order chi connectivity index (χ1) is 23.2. The highest BCUT2D eigenvalue weighted by atomic mass is 35.5. The first-order valence-corrected chi connectivity index (χ1v) is 17.2. The third kappa shape index (κ3) is 4.60. The zero-order valence-corrected chi connectivity index (χ0v) is 27.3. The quantitative estimate of drug-likeness (QED) is 0.170. The fraction of sp³-hybridized carbons (Fsp3) is 0.421. The van der Waals surface area contributed by atoms with Gasteiger partial charge in [0, 0.05) is 47.6 Å². The molecule has 5 aliphatic rings. The van der Waals surface area contributed by atoms with Crippen LogP contribution in [0.4, 0.5) is 14.6 Å². The number of benzene rings is 3. The van der Waals surface area contributed by atoms with Gasteiger partial charge in [-0.15, -0.1) is 6.42 Å². The number of hydrogen-bond acceptors (Lipinski definition) is 7. The Balaban J connectivity index is 1.22. The maximum atomic E-state index is 17.2. The minimum atomic E-state index is -0.713. The summed E-state index contributed by atoms with van der Waals surface area (Å²) in [7, 11) is 0. The van der Waals surface area contributed by atoms with E-state index in [-0.39, 0.29) is 55.5 Å². The van der Waals surface area contributed by atoms with Crippen LogP contribution in [0.1, 0.15) is 50.5 Å². The van der Waals surface area contributed by atoms with Crippen molar-refractivity contribution in [3.63, 3.8) is 0 Å². The molecular formula is C38H36ClF2N5O2. The molecule has 4 saturated heterocycles. The number of phenolic OH excluding ortho intramolecular Hbond substituents is 1. The number of aromatic hydroxyl groups is 1. The molecule has 4 aliphatic heterocycles. The maximum absolute atomic E-state index is 17.2. The summed E-state index contributed by atoms with van der Waals surface area (Å²) in [6, 6.07) is 7.67. The van der Waals surface area contributed by atoms with Gasteiger partial charge < -0.3 is 20.1 Å². The molecule has 0 spiro atoms. The molecule has 5 fully saturated rings. The average Bonchev–Trinajstić information content (AvgIpc) is 3.70. The minimum Gasteiger partial charge on any atom is -0.508 e. The van der Waals surface area contributed by atoms with E-state index in [2.05, 4.69) is 27.6 Å². The van der Waals surface area contributed by atoms with Crippen LogP contribution in [0.2, 0.25) is 5.02 Å². The molecule has 0 unspecified atom stereocenters. The Kier molecular flexibility index (Phi) is 6.75. The van der Waals surface area contributed by atoms with E-state index in [0.717, 1.165) is 58.3 Å². The van der Waals surface area contributed by atoms with Crippen molar-refractivity contribution in [2.45, 2.75) is 62.1 Å². The van der Waals surface area contributed by atoms with Crippen molar-refractivity contribution in [3.05, 3.63) is 64.7 Å². The largest absolute Gasteiger partial charge is 0.508 e. The Labute approximate surface area is 282 Å². The second-order valence-corrected chi connectivity index (χ2v) is 15.0. The van der Waals surface area contributed by atoms with E-state index in [1.165, 1.54) is 42.7 Å². The number of piperazine rings is 1. The van der Waals surface area contributed by atoms with Crippen LogP contribution in [0, 0.1) is 29.9 Å². The van der Waals surface area contributed by atoms with E-state index < -0.39 is 11.6 Å². The van der Waals surface area contributed by atoms with Crippen LogP contribution in [-0.4, -0.2) is 69.9 Å². The zero-order valence-electron chi connectivity index (χ0n) is 26.6. The molecule has 1 aliphatic carbocycles. The number of phenols is 1. The Hall–Kier alpha value is -3.97. The van der Waals surface area contributed by atoms with Crippen molar-refractivity contribution in [2.24, 2.45) is 5.92 Å². The topological polar surface area (TPSA) is 73.8 Å². The van der Waals surface area contributed by atoms with Crippen LogP contribution >= 0.6 is 11.6 Å². The molecule has 48 heavy (non-hydrogen) atoms. The van der Waals surface area contributed by atoms with Gasteiger partial charge in [-0.05, 0) is 92.6 Å². The molecule has 3 atom stereocenters. The van der Waals surface area contributed by atoms with Crippen molar-refractivity contribution in [1.29, 1.82) is 0 Å². The summed E-state index contributed by atoms with van der Waals surface area (Å²) in [5.74, 6) is 2.16. The smallest absolute Gasteiger partial charge is 0.319 e. The molecule has 5 heterocycles. The molecule has 246 valence electrons. The number of halogens is 3. The van der Waals surface area contributed by atoms with Crippen molar-refractivity contribution in [2.75, 3.05) is 37.7 Å². The van der Waals surface area contributed by atoms with Crippen LogP contribution < -0.4 is 15.0 Å². The second-order valence-electron chi connectivity index (χ2n) is 14.6. The summed E-state index contributed by atoms with van der Waals surface area (Å²) in [6.45, 7) is 7.94. The lowest BCUT2D eigenvalue weighted by atomic mass is 9.90. The highest BCUT2D eigenvalue weighted by Crippen LogP contribution is 2.50. The molecule has 0 amide bonds. The fourth-order valence-electron chi connectivity index (χ4n) is 9.29. The molecule has 2 bridgehead atoms. The Morgan fingerprint density at radius 3 is 2.83 bits per heavy atom. The summed E-state index contributed by atoms with van der Waals surface area (Å²) in [4.78, 5) is 14.4. The summed E-state index contributed by atoms with van der Waals surface area (Å²) < 4.78 is 38.6. The van der Waals surface area contributed by atoms with Crippen LogP contribution in [0.5, 0.6) is 11.8 Å². The van der Waals surface area contributed by atoms with Gasteiger partial charge in [-0.25, -0.2) is 8.78 Å². The van der Waals surface area contributed by atoms with E-state index in [1.807, 2.05) is 0 Å². The Morgan fingerprint density at radius 2 is 2.02 bits per heavy atom. The minimum absolute atomic E-state index is 0.00713. The number of fused-ring (bicyclic) bond motifs is 5. The normalized spacial score (nSPS) is 26.8. The summed E-state index contributed by atoms with van der Waals surface area (Å²) in [6.07, 6.45) is 13.3. The molecule has 4 aromatic rings. The van der Waals surface area contributed by atoms with Crippen molar-refractivity contribution < 1.29 is 18.6 Å². The number of aromatic nitrogens is 2. The summed E-state index contributed by atoms with van der Waals surface area (Å²) in [5, 5.41) is 15.9. The highest BCUT2D eigenvalue weighted by Gasteiger charge is 2.53. The van der Waals surface area contributed by atoms with E-state index in [9.17, 15) is 9.50 Å². The molecule has 1 saturated carbocycles. The third-order valence-electron chi connectivity index (χ3n) is 11.5. The molecule has 10 heteroatoms. The molecule has 1 aromatic heterocycles. The van der Waals surface area contributed by atoms with Crippen LogP contribution in [0.15, 0.2) is 42.5 Å². The van der Waals surface area contributed by atoms with Crippen molar-refractivity contribution in [3.8, 4) is 35.2 Å². The number of terminal acetylenes is 1. The van der Waals surface area contributed by atoms with Gasteiger partial charge in [0.15, 0.2) is 5.82 Å². The number of nitrogens with one attached hydrogen (secondary N) is 1. The number of nitrogens with zero attached hydrogens (tertiary/aromatic N) is 4. The number of ether oxygens (including phenoxy) is 1. The molecule has 3 aromatic carbocycles. The molecular weight excluding hydrogens is 632 g/mol. The highest BCUT2D eigenvalue weighted by molar-refractivity contribution is 6.35. The molecule has 7 nitrogen and oxygen atoms in total. The van der Waals surface area contributed by atoms with Gasteiger partial charge in [0.25, 0.3) is 0 Å². The van der Waals surface area contributed by atoms with Gasteiger partial charge in [-0.1, -0.05) is 35.7 Å².